The van der Waals surface area contributed by atoms with E-state index in [1.807, 2.05) is 0 Å². The van der Waals surface area contributed by atoms with Crippen molar-refractivity contribution in [2.45, 2.75) is 141 Å². The van der Waals surface area contributed by atoms with Gasteiger partial charge in [-0.15, -0.1) is 44.3 Å². The monoisotopic (exact) mass is 726 g/mol. The first-order valence-corrected chi connectivity index (χ1v) is 35.6. The standard InChI is InChI=1S/C26H62Cl4N2OSi6/c1-25(34(27)28,17-15-21-31(36(3,4)5)37(6,7)8)19-23-33-24-20-26(2,35(29)30)18-16-22-32(38(9,10)11)39(12,13)14/h15-24H2,1-14H3. The first-order valence-electron chi connectivity index (χ1n) is 14.8. The molecule has 0 aliphatic heterocycles. The molecular weight excluding hydrogens is 667 g/mol. The van der Waals surface area contributed by atoms with Crippen LogP contribution in [0.15, 0.2) is 0 Å². The molecule has 0 rings (SSSR count). The molecule has 0 aromatic carbocycles. The largest absolute Gasteiger partial charge is 0.381 e. The van der Waals surface area contributed by atoms with Gasteiger partial charge in [0, 0.05) is 13.2 Å². The fraction of sp³-hybridized carbons (Fsp3) is 1.00. The second-order valence-electron chi connectivity index (χ2n) is 15.9. The summed E-state index contributed by atoms with van der Waals surface area (Å²) in [4.78, 5) is 0. The van der Waals surface area contributed by atoms with E-state index < -0.39 is 47.8 Å². The van der Waals surface area contributed by atoms with Crippen LogP contribution in [0.4, 0.5) is 0 Å². The predicted octanol–water partition coefficient (Wildman–Crippen LogP) is 10.7. The molecule has 0 aliphatic carbocycles. The number of hydrogen-bond donors (Lipinski definition) is 0. The number of nitrogens with zero attached hydrogens (tertiary/aromatic N) is 2. The van der Waals surface area contributed by atoms with Crippen LogP contribution in [0, 0.1) is 0 Å². The van der Waals surface area contributed by atoms with Gasteiger partial charge in [-0.1, -0.05) is 92.4 Å². The van der Waals surface area contributed by atoms with Crippen LogP contribution >= 0.6 is 44.3 Å². The maximum Gasteiger partial charge on any atom is 0.280 e. The Morgan fingerprint density at radius 3 is 0.974 bits per heavy atom. The highest BCUT2D eigenvalue weighted by molar-refractivity contribution is 7.35. The average molecular weight is 729 g/mol. The molecule has 13 heteroatoms. The molecule has 0 aliphatic rings. The maximum atomic E-state index is 6.64. The molecule has 0 bridgehead atoms. The van der Waals surface area contributed by atoms with E-state index in [1.54, 1.807) is 0 Å². The van der Waals surface area contributed by atoms with Gasteiger partial charge in [0.2, 0.25) is 0 Å². The summed E-state index contributed by atoms with van der Waals surface area (Å²) < 4.78 is 11.9. The van der Waals surface area contributed by atoms with Gasteiger partial charge >= 0.3 is 0 Å². The lowest BCUT2D eigenvalue weighted by Crippen LogP contribution is -2.59. The molecule has 39 heavy (non-hydrogen) atoms. The summed E-state index contributed by atoms with van der Waals surface area (Å²) >= 11 is 26.6. The zero-order chi connectivity index (χ0) is 31.1. The molecule has 0 N–H and O–H groups in total. The van der Waals surface area contributed by atoms with E-state index in [9.17, 15) is 0 Å². The molecule has 2 unspecified atom stereocenters. The van der Waals surface area contributed by atoms with Crippen molar-refractivity contribution in [3.63, 3.8) is 0 Å². The molecule has 2 radical (unpaired) electrons. The van der Waals surface area contributed by atoms with Crippen LogP contribution < -0.4 is 0 Å². The maximum absolute atomic E-state index is 6.64. The highest BCUT2D eigenvalue weighted by Crippen LogP contribution is 2.44. The summed E-state index contributed by atoms with van der Waals surface area (Å²) in [5.41, 5.74) is 0. The number of rotatable bonds is 20. The fourth-order valence-corrected chi connectivity index (χ4v) is 28.9. The van der Waals surface area contributed by atoms with E-state index in [4.69, 9.17) is 49.1 Å². The molecular formula is C26H62Cl4N2OSi6. The first kappa shape index (κ1) is 41.3. The lowest BCUT2D eigenvalue weighted by atomic mass is 10.00. The topological polar surface area (TPSA) is 15.7 Å². The second-order valence-corrected chi connectivity index (χ2v) is 45.5. The third-order valence-electron chi connectivity index (χ3n) is 7.97. The van der Waals surface area contributed by atoms with Gasteiger partial charge in [-0.05, 0) is 61.7 Å². The van der Waals surface area contributed by atoms with E-state index in [2.05, 4.69) is 101 Å². The van der Waals surface area contributed by atoms with Gasteiger partial charge in [-0.3, -0.25) is 0 Å². The van der Waals surface area contributed by atoms with E-state index in [-0.39, 0.29) is 10.1 Å². The van der Waals surface area contributed by atoms with Crippen molar-refractivity contribution >= 4 is 92.1 Å². The predicted molar refractivity (Wildman–Crippen MR) is 197 cm³/mol. The molecule has 0 fully saturated rings. The number of halogens is 4. The Hall–Kier alpha value is 2.34. The first-order chi connectivity index (χ1) is 17.3. The third-order valence-corrected chi connectivity index (χ3v) is 31.7. The molecule has 0 aromatic heterocycles. The van der Waals surface area contributed by atoms with Crippen molar-refractivity contribution in [2.24, 2.45) is 0 Å². The third kappa shape index (κ3) is 15.3. The summed E-state index contributed by atoms with van der Waals surface area (Å²) in [6, 6.07) is 0. The van der Waals surface area contributed by atoms with E-state index in [0.29, 0.717) is 13.2 Å². The minimum Gasteiger partial charge on any atom is -0.381 e. The Morgan fingerprint density at radius 2 is 0.769 bits per heavy atom. The van der Waals surface area contributed by atoms with Gasteiger partial charge in [-0.2, -0.15) is 0 Å². The molecule has 0 saturated carbocycles. The van der Waals surface area contributed by atoms with Gasteiger partial charge in [0.15, 0.2) is 0 Å². The Bertz CT molecular complexity index is 625. The lowest BCUT2D eigenvalue weighted by Gasteiger charge is -2.44. The summed E-state index contributed by atoms with van der Waals surface area (Å²) in [7, 11) is -8.35. The van der Waals surface area contributed by atoms with Crippen LogP contribution in [0.3, 0.4) is 0 Å². The van der Waals surface area contributed by atoms with Crippen LogP contribution in [-0.2, 0) is 4.74 Å². The van der Waals surface area contributed by atoms with E-state index in [0.717, 1.165) is 51.6 Å². The minimum absolute atomic E-state index is 0.0489. The van der Waals surface area contributed by atoms with Crippen molar-refractivity contribution in [2.75, 3.05) is 26.3 Å². The van der Waals surface area contributed by atoms with Crippen LogP contribution in [0.25, 0.3) is 0 Å². The van der Waals surface area contributed by atoms with Crippen molar-refractivity contribution in [1.82, 2.24) is 8.46 Å². The quantitative estimate of drug-likeness (QED) is 0.0705. The van der Waals surface area contributed by atoms with Crippen molar-refractivity contribution in [3.05, 3.63) is 0 Å². The number of ether oxygens (including phenoxy) is 1. The molecule has 3 nitrogen and oxygen atoms in total. The SMILES string of the molecule is CC(CCCN([Si](C)(C)C)[Si](C)(C)C)(CCOCCC(C)(CCCN([Si](C)(C)C)[Si](C)(C)C)[Si](Cl)Cl)[Si](Cl)Cl. The summed E-state index contributed by atoms with van der Waals surface area (Å²) in [5, 5.41) is -0.0978. The van der Waals surface area contributed by atoms with Crippen LogP contribution in [0.2, 0.25) is 88.6 Å². The summed E-state index contributed by atoms with van der Waals surface area (Å²) in [6.07, 6.45) is 6.22. The van der Waals surface area contributed by atoms with Gasteiger partial charge in [0.05, 0.1) is 0 Å². The van der Waals surface area contributed by atoms with E-state index in [1.165, 1.54) is 0 Å². The molecule has 0 amide bonds. The van der Waals surface area contributed by atoms with Crippen LogP contribution in [0.5, 0.6) is 0 Å². The lowest BCUT2D eigenvalue weighted by molar-refractivity contribution is 0.111. The number of hydrogen-bond acceptors (Lipinski definition) is 3. The molecule has 0 saturated heterocycles. The highest BCUT2D eigenvalue weighted by atomic mass is 35.7. The highest BCUT2D eigenvalue weighted by Gasteiger charge is 2.39. The van der Waals surface area contributed by atoms with Crippen LogP contribution in [-0.4, -0.2) is 82.5 Å². The summed E-state index contributed by atoms with van der Waals surface area (Å²) in [6.45, 7) is 37.8. The smallest absolute Gasteiger partial charge is 0.280 e. The molecule has 0 aromatic rings. The normalized spacial score (nSPS) is 17.4. The zero-order valence-corrected chi connectivity index (χ0v) is 36.9. The van der Waals surface area contributed by atoms with Crippen LogP contribution in [0.1, 0.15) is 52.4 Å². The Balaban J connectivity index is 4.92. The molecule has 0 heterocycles. The molecule has 0 spiro atoms. The Labute approximate surface area is 270 Å². The van der Waals surface area contributed by atoms with Gasteiger partial charge in [-0.25, -0.2) is 0 Å². The minimum atomic E-state index is -1.48. The Kier molecular flexibility index (Phi) is 17.6. The van der Waals surface area contributed by atoms with Crippen molar-refractivity contribution in [1.29, 1.82) is 0 Å². The molecule has 2 atom stereocenters. The summed E-state index contributed by atoms with van der Waals surface area (Å²) in [5.74, 6) is 0. The van der Waals surface area contributed by atoms with Crippen molar-refractivity contribution < 1.29 is 4.74 Å². The Morgan fingerprint density at radius 1 is 0.513 bits per heavy atom. The van der Waals surface area contributed by atoms with Gasteiger partial charge < -0.3 is 13.2 Å². The van der Waals surface area contributed by atoms with Gasteiger partial charge in [0.25, 0.3) is 14.8 Å². The fourth-order valence-electron chi connectivity index (χ4n) is 5.93. The van der Waals surface area contributed by atoms with Crippen molar-refractivity contribution in [3.8, 4) is 0 Å². The average Bonchev–Trinajstić information content (AvgIpc) is 2.70. The van der Waals surface area contributed by atoms with Gasteiger partial charge in [0.1, 0.15) is 32.9 Å². The molecule has 234 valence electrons. The second kappa shape index (κ2) is 16.6. The zero-order valence-electron chi connectivity index (χ0n) is 27.9. The van der Waals surface area contributed by atoms with E-state index >= 15 is 0 Å².